The third-order valence-corrected chi connectivity index (χ3v) is 4.73. The van der Waals surface area contributed by atoms with E-state index in [-0.39, 0.29) is 12.0 Å². The summed E-state index contributed by atoms with van der Waals surface area (Å²) in [5.41, 5.74) is 3.47. The fourth-order valence-corrected chi connectivity index (χ4v) is 3.32. The smallest absolute Gasteiger partial charge is 0.248 e. The number of anilines is 1. The van der Waals surface area contributed by atoms with Crippen LogP contribution in [0.15, 0.2) is 30.3 Å². The molecule has 6 nitrogen and oxygen atoms in total. The SMILES string of the molecule is CCOc1cc2c(cc1C=CC(=O)Nc1cc(OC)c(OC)cc1C)OC(C)C2. The Labute approximate surface area is 171 Å². The molecule has 0 radical (unpaired) electrons. The van der Waals surface area contributed by atoms with Crippen LogP contribution in [0.3, 0.4) is 0 Å². The molecule has 3 rings (SSSR count). The fourth-order valence-electron chi connectivity index (χ4n) is 3.32. The van der Waals surface area contributed by atoms with Gasteiger partial charge in [0.2, 0.25) is 5.91 Å². The van der Waals surface area contributed by atoms with Crippen molar-refractivity contribution in [2.24, 2.45) is 0 Å². The van der Waals surface area contributed by atoms with Crippen LogP contribution in [-0.2, 0) is 11.2 Å². The van der Waals surface area contributed by atoms with E-state index in [1.54, 1.807) is 26.4 Å². The zero-order valence-electron chi connectivity index (χ0n) is 17.5. The second-order valence-electron chi connectivity index (χ2n) is 6.91. The quantitative estimate of drug-likeness (QED) is 0.702. The minimum Gasteiger partial charge on any atom is -0.493 e. The molecule has 1 aliphatic heterocycles. The Kier molecular flexibility index (Phi) is 6.32. The molecule has 1 unspecified atom stereocenters. The van der Waals surface area contributed by atoms with Crippen LogP contribution in [-0.4, -0.2) is 32.8 Å². The lowest BCUT2D eigenvalue weighted by Crippen LogP contribution is -2.09. The summed E-state index contributed by atoms with van der Waals surface area (Å²) in [5.74, 6) is 2.51. The fraction of sp³-hybridized carbons (Fsp3) is 0.348. The molecule has 1 atom stereocenters. The van der Waals surface area contributed by atoms with Crippen molar-refractivity contribution in [3.05, 3.63) is 47.0 Å². The van der Waals surface area contributed by atoms with Gasteiger partial charge in [-0.05, 0) is 50.6 Å². The molecule has 1 aliphatic rings. The number of amides is 1. The van der Waals surface area contributed by atoms with Gasteiger partial charge in [0.05, 0.1) is 20.8 Å². The number of methoxy groups -OCH3 is 2. The third-order valence-electron chi connectivity index (χ3n) is 4.73. The number of carbonyl (C=O) groups is 1. The lowest BCUT2D eigenvalue weighted by Gasteiger charge is -2.13. The highest BCUT2D eigenvalue weighted by Gasteiger charge is 2.21. The van der Waals surface area contributed by atoms with Crippen molar-refractivity contribution in [1.82, 2.24) is 0 Å². The summed E-state index contributed by atoms with van der Waals surface area (Å²) in [4.78, 5) is 12.5. The lowest BCUT2D eigenvalue weighted by atomic mass is 10.1. The number of rotatable bonds is 7. The predicted octanol–water partition coefficient (Wildman–Crippen LogP) is 4.39. The average molecular weight is 397 g/mol. The van der Waals surface area contributed by atoms with Crippen molar-refractivity contribution in [2.75, 3.05) is 26.1 Å². The third kappa shape index (κ3) is 4.65. The molecular formula is C23H27NO5. The summed E-state index contributed by atoms with van der Waals surface area (Å²) in [6.45, 7) is 6.42. The van der Waals surface area contributed by atoms with Crippen LogP contribution < -0.4 is 24.3 Å². The van der Waals surface area contributed by atoms with Gasteiger partial charge in [-0.15, -0.1) is 0 Å². The van der Waals surface area contributed by atoms with Gasteiger partial charge in [0.25, 0.3) is 0 Å². The average Bonchev–Trinajstić information content (AvgIpc) is 3.06. The van der Waals surface area contributed by atoms with Crippen molar-refractivity contribution in [1.29, 1.82) is 0 Å². The number of benzene rings is 2. The number of ether oxygens (including phenoxy) is 4. The molecule has 1 N–H and O–H groups in total. The highest BCUT2D eigenvalue weighted by Crippen LogP contribution is 2.36. The molecule has 0 saturated carbocycles. The Morgan fingerprint density at radius 3 is 2.59 bits per heavy atom. The number of hydrogen-bond donors (Lipinski definition) is 1. The first kappa shape index (κ1) is 20.6. The first-order chi connectivity index (χ1) is 13.9. The maximum atomic E-state index is 12.5. The van der Waals surface area contributed by atoms with Crippen molar-refractivity contribution in [3.63, 3.8) is 0 Å². The summed E-state index contributed by atoms with van der Waals surface area (Å²) in [6.07, 6.45) is 4.23. The maximum Gasteiger partial charge on any atom is 0.248 e. The summed E-state index contributed by atoms with van der Waals surface area (Å²) in [5, 5.41) is 2.88. The van der Waals surface area contributed by atoms with E-state index in [4.69, 9.17) is 18.9 Å². The van der Waals surface area contributed by atoms with E-state index < -0.39 is 0 Å². The maximum absolute atomic E-state index is 12.5. The molecule has 29 heavy (non-hydrogen) atoms. The highest BCUT2D eigenvalue weighted by molar-refractivity contribution is 6.02. The van der Waals surface area contributed by atoms with Crippen LogP contribution >= 0.6 is 0 Å². The largest absolute Gasteiger partial charge is 0.493 e. The lowest BCUT2D eigenvalue weighted by molar-refractivity contribution is -0.111. The number of nitrogens with one attached hydrogen (secondary N) is 1. The molecule has 154 valence electrons. The van der Waals surface area contributed by atoms with E-state index >= 15 is 0 Å². The van der Waals surface area contributed by atoms with E-state index in [2.05, 4.69) is 5.32 Å². The van der Waals surface area contributed by atoms with Crippen LogP contribution in [0.5, 0.6) is 23.0 Å². The summed E-state index contributed by atoms with van der Waals surface area (Å²) < 4.78 is 22.2. The summed E-state index contributed by atoms with van der Waals surface area (Å²) in [7, 11) is 3.14. The molecule has 0 aromatic heterocycles. The molecule has 0 spiro atoms. The van der Waals surface area contributed by atoms with Crippen LogP contribution in [0, 0.1) is 6.92 Å². The minimum absolute atomic E-state index is 0.148. The van der Waals surface area contributed by atoms with Gasteiger partial charge in [0.1, 0.15) is 17.6 Å². The second-order valence-corrected chi connectivity index (χ2v) is 6.91. The van der Waals surface area contributed by atoms with Crippen molar-refractivity contribution < 1.29 is 23.7 Å². The van der Waals surface area contributed by atoms with E-state index in [0.29, 0.717) is 23.8 Å². The topological polar surface area (TPSA) is 66.0 Å². The Bertz CT molecular complexity index is 935. The van der Waals surface area contributed by atoms with Crippen molar-refractivity contribution >= 4 is 17.7 Å². The summed E-state index contributed by atoms with van der Waals surface area (Å²) >= 11 is 0. The molecule has 6 heteroatoms. The van der Waals surface area contributed by atoms with E-state index in [0.717, 1.165) is 34.6 Å². The Balaban J connectivity index is 1.80. The molecule has 0 saturated heterocycles. The zero-order chi connectivity index (χ0) is 21.0. The first-order valence-corrected chi connectivity index (χ1v) is 9.63. The minimum atomic E-state index is -0.252. The number of fused-ring (bicyclic) bond motifs is 1. The normalized spacial score (nSPS) is 15.0. The molecule has 0 bridgehead atoms. The van der Waals surface area contributed by atoms with Crippen molar-refractivity contribution in [2.45, 2.75) is 33.3 Å². The van der Waals surface area contributed by atoms with Gasteiger partial charge in [-0.3, -0.25) is 4.79 Å². The number of aryl methyl sites for hydroxylation is 1. The van der Waals surface area contributed by atoms with Gasteiger partial charge < -0.3 is 24.3 Å². The van der Waals surface area contributed by atoms with Gasteiger partial charge in [-0.25, -0.2) is 0 Å². The van der Waals surface area contributed by atoms with Crippen LogP contribution in [0.2, 0.25) is 0 Å². The Hall–Kier alpha value is -3.15. The first-order valence-electron chi connectivity index (χ1n) is 9.63. The number of carbonyl (C=O) groups excluding carboxylic acids is 1. The zero-order valence-corrected chi connectivity index (χ0v) is 17.5. The predicted molar refractivity (Wildman–Crippen MR) is 113 cm³/mol. The molecular weight excluding hydrogens is 370 g/mol. The number of hydrogen-bond acceptors (Lipinski definition) is 5. The highest BCUT2D eigenvalue weighted by atomic mass is 16.5. The van der Waals surface area contributed by atoms with Gasteiger partial charge in [-0.1, -0.05) is 0 Å². The molecule has 0 aliphatic carbocycles. The molecule has 2 aromatic carbocycles. The standard InChI is InChI=1S/C23H27NO5/c1-6-28-19-12-17-10-15(3)29-20(17)11-16(19)7-8-23(25)24-18-13-22(27-5)21(26-4)9-14(18)2/h7-9,11-13,15H,6,10H2,1-5H3,(H,24,25). The van der Waals surface area contributed by atoms with Crippen LogP contribution in [0.1, 0.15) is 30.5 Å². The van der Waals surface area contributed by atoms with Gasteiger partial charge in [0, 0.05) is 35.4 Å². The van der Waals surface area contributed by atoms with Gasteiger partial charge >= 0.3 is 0 Å². The van der Waals surface area contributed by atoms with E-state index in [1.165, 1.54) is 6.08 Å². The van der Waals surface area contributed by atoms with Gasteiger partial charge in [0.15, 0.2) is 11.5 Å². The summed E-state index contributed by atoms with van der Waals surface area (Å²) in [6, 6.07) is 7.49. The van der Waals surface area contributed by atoms with Crippen LogP contribution in [0.4, 0.5) is 5.69 Å². The van der Waals surface area contributed by atoms with E-state index in [1.807, 2.05) is 39.0 Å². The van der Waals surface area contributed by atoms with Crippen LogP contribution in [0.25, 0.3) is 6.08 Å². The van der Waals surface area contributed by atoms with E-state index in [9.17, 15) is 4.79 Å². The molecule has 1 heterocycles. The van der Waals surface area contributed by atoms with Gasteiger partial charge in [-0.2, -0.15) is 0 Å². The molecule has 0 fully saturated rings. The second kappa shape index (κ2) is 8.90. The molecule has 2 aromatic rings. The molecule has 1 amide bonds. The Morgan fingerprint density at radius 2 is 1.90 bits per heavy atom. The Morgan fingerprint density at radius 1 is 1.17 bits per heavy atom. The van der Waals surface area contributed by atoms with Crippen molar-refractivity contribution in [3.8, 4) is 23.0 Å². The monoisotopic (exact) mass is 397 g/mol.